The van der Waals surface area contributed by atoms with Crippen molar-refractivity contribution in [3.8, 4) is 5.75 Å². The molecule has 2 heteroatoms. The molecule has 2 nitrogen and oxygen atoms in total. The molecule has 16 heavy (non-hydrogen) atoms. The van der Waals surface area contributed by atoms with E-state index in [2.05, 4.69) is 51.2 Å². The first-order chi connectivity index (χ1) is 7.54. The van der Waals surface area contributed by atoms with Crippen LogP contribution in [0.3, 0.4) is 0 Å². The van der Waals surface area contributed by atoms with Crippen molar-refractivity contribution in [2.24, 2.45) is 0 Å². The monoisotopic (exact) mass is 221 g/mol. The zero-order chi connectivity index (χ0) is 12.1. The van der Waals surface area contributed by atoms with Gasteiger partial charge in [0.15, 0.2) is 0 Å². The lowest BCUT2D eigenvalue weighted by atomic mass is 9.99. The number of ether oxygens (including phenoxy) is 1. The third-order valence-corrected chi connectivity index (χ3v) is 2.63. The van der Waals surface area contributed by atoms with Crippen LogP contribution in [0.1, 0.15) is 44.7 Å². The highest BCUT2D eigenvalue weighted by molar-refractivity contribution is 5.39. The molecule has 90 valence electrons. The zero-order valence-corrected chi connectivity index (χ0v) is 11.0. The van der Waals surface area contributed by atoms with Crippen molar-refractivity contribution >= 4 is 0 Å². The van der Waals surface area contributed by atoms with Gasteiger partial charge in [0.2, 0.25) is 0 Å². The summed E-state index contributed by atoms with van der Waals surface area (Å²) in [6.07, 6.45) is 0. The zero-order valence-electron chi connectivity index (χ0n) is 11.0. The minimum atomic E-state index is 0.494. The Morgan fingerprint density at radius 3 is 2.38 bits per heavy atom. The molecule has 0 aliphatic heterocycles. The summed E-state index contributed by atoms with van der Waals surface area (Å²) in [6.45, 7) is 9.62. The Labute approximate surface area is 99.0 Å². The summed E-state index contributed by atoms with van der Waals surface area (Å²) >= 11 is 0. The van der Waals surface area contributed by atoms with E-state index in [1.165, 1.54) is 11.1 Å². The molecule has 0 spiro atoms. The van der Waals surface area contributed by atoms with E-state index in [0.29, 0.717) is 12.0 Å². The molecule has 1 aromatic rings. The highest BCUT2D eigenvalue weighted by Gasteiger charge is 2.08. The van der Waals surface area contributed by atoms with Gasteiger partial charge in [0.05, 0.1) is 7.11 Å². The lowest BCUT2D eigenvalue weighted by molar-refractivity contribution is 0.407. The van der Waals surface area contributed by atoms with Crippen LogP contribution in [0.2, 0.25) is 0 Å². The van der Waals surface area contributed by atoms with Crippen LogP contribution >= 0.6 is 0 Å². The van der Waals surface area contributed by atoms with Crippen molar-refractivity contribution < 1.29 is 4.74 Å². The Bertz CT molecular complexity index is 332. The predicted octanol–water partition coefficient (Wildman–Crippen LogP) is 3.32. The van der Waals surface area contributed by atoms with Gasteiger partial charge in [0.25, 0.3) is 0 Å². The quantitative estimate of drug-likeness (QED) is 0.823. The maximum Gasteiger partial charge on any atom is 0.122 e. The third-order valence-electron chi connectivity index (χ3n) is 2.63. The second kappa shape index (κ2) is 5.90. The summed E-state index contributed by atoms with van der Waals surface area (Å²) in [6, 6.07) is 6.94. The van der Waals surface area contributed by atoms with Gasteiger partial charge >= 0.3 is 0 Å². The molecular formula is C14H23NO. The van der Waals surface area contributed by atoms with Gasteiger partial charge in [-0.05, 0) is 23.1 Å². The van der Waals surface area contributed by atoms with Crippen LogP contribution in [0.5, 0.6) is 5.75 Å². The number of nitrogens with one attached hydrogen (secondary N) is 1. The Kier molecular flexibility index (Phi) is 4.81. The minimum absolute atomic E-state index is 0.494. The van der Waals surface area contributed by atoms with Crippen molar-refractivity contribution in [3.63, 3.8) is 0 Å². The number of rotatable bonds is 5. The van der Waals surface area contributed by atoms with Gasteiger partial charge in [-0.25, -0.2) is 0 Å². The van der Waals surface area contributed by atoms with Gasteiger partial charge in [0, 0.05) is 12.6 Å². The largest absolute Gasteiger partial charge is 0.496 e. The molecule has 0 heterocycles. The van der Waals surface area contributed by atoms with Crippen molar-refractivity contribution in [1.82, 2.24) is 5.32 Å². The van der Waals surface area contributed by atoms with Gasteiger partial charge in [-0.1, -0.05) is 39.8 Å². The van der Waals surface area contributed by atoms with Crippen molar-refractivity contribution in [2.75, 3.05) is 7.11 Å². The third kappa shape index (κ3) is 3.53. The van der Waals surface area contributed by atoms with E-state index in [1.807, 2.05) is 0 Å². The van der Waals surface area contributed by atoms with E-state index in [0.717, 1.165) is 12.3 Å². The van der Waals surface area contributed by atoms with Gasteiger partial charge in [-0.3, -0.25) is 0 Å². The molecule has 0 radical (unpaired) electrons. The van der Waals surface area contributed by atoms with Crippen molar-refractivity contribution in [1.29, 1.82) is 0 Å². The van der Waals surface area contributed by atoms with Crippen LogP contribution in [0, 0.1) is 0 Å². The smallest absolute Gasteiger partial charge is 0.122 e. The molecule has 0 amide bonds. The van der Waals surface area contributed by atoms with Crippen LogP contribution in [0.4, 0.5) is 0 Å². The molecule has 0 aliphatic rings. The summed E-state index contributed by atoms with van der Waals surface area (Å²) in [7, 11) is 1.73. The van der Waals surface area contributed by atoms with Crippen LogP contribution in [-0.4, -0.2) is 13.2 Å². The van der Waals surface area contributed by atoms with Crippen LogP contribution < -0.4 is 10.1 Å². The molecule has 1 aromatic carbocycles. The molecular weight excluding hydrogens is 198 g/mol. The number of benzene rings is 1. The molecule has 0 saturated heterocycles. The SMILES string of the molecule is COc1ccc(CNC(C)C)cc1C(C)C. The first kappa shape index (κ1) is 13.0. The molecule has 0 fully saturated rings. The fourth-order valence-corrected chi connectivity index (χ4v) is 1.67. The molecule has 0 atom stereocenters. The van der Waals surface area contributed by atoms with Gasteiger partial charge in [-0.2, -0.15) is 0 Å². The van der Waals surface area contributed by atoms with E-state index in [4.69, 9.17) is 4.74 Å². The fraction of sp³-hybridized carbons (Fsp3) is 0.571. The lowest BCUT2D eigenvalue weighted by Crippen LogP contribution is -2.21. The van der Waals surface area contributed by atoms with Crippen LogP contribution in [-0.2, 0) is 6.54 Å². The molecule has 1 N–H and O–H groups in total. The van der Waals surface area contributed by atoms with E-state index < -0.39 is 0 Å². The number of hydrogen-bond acceptors (Lipinski definition) is 2. The van der Waals surface area contributed by atoms with E-state index in [1.54, 1.807) is 7.11 Å². The molecule has 0 saturated carbocycles. The van der Waals surface area contributed by atoms with Gasteiger partial charge < -0.3 is 10.1 Å². The van der Waals surface area contributed by atoms with Gasteiger partial charge in [0.1, 0.15) is 5.75 Å². The van der Waals surface area contributed by atoms with Crippen LogP contribution in [0.15, 0.2) is 18.2 Å². The minimum Gasteiger partial charge on any atom is -0.496 e. The summed E-state index contributed by atoms with van der Waals surface area (Å²) in [4.78, 5) is 0. The number of hydrogen-bond donors (Lipinski definition) is 1. The fourth-order valence-electron chi connectivity index (χ4n) is 1.67. The maximum atomic E-state index is 5.37. The lowest BCUT2D eigenvalue weighted by Gasteiger charge is -2.14. The summed E-state index contributed by atoms with van der Waals surface area (Å²) < 4.78 is 5.37. The Morgan fingerprint density at radius 1 is 1.19 bits per heavy atom. The van der Waals surface area contributed by atoms with E-state index in [9.17, 15) is 0 Å². The topological polar surface area (TPSA) is 21.3 Å². The summed E-state index contributed by atoms with van der Waals surface area (Å²) in [5.41, 5.74) is 2.60. The van der Waals surface area contributed by atoms with E-state index in [-0.39, 0.29) is 0 Å². The molecule has 0 bridgehead atoms. The Hall–Kier alpha value is -1.02. The molecule has 1 rings (SSSR count). The molecule has 0 unspecified atom stereocenters. The molecule has 0 aromatic heterocycles. The normalized spacial score (nSPS) is 11.2. The first-order valence-corrected chi connectivity index (χ1v) is 5.94. The van der Waals surface area contributed by atoms with E-state index >= 15 is 0 Å². The highest BCUT2D eigenvalue weighted by atomic mass is 16.5. The highest BCUT2D eigenvalue weighted by Crippen LogP contribution is 2.27. The van der Waals surface area contributed by atoms with Gasteiger partial charge in [-0.15, -0.1) is 0 Å². The molecule has 0 aliphatic carbocycles. The maximum absolute atomic E-state index is 5.37. The van der Waals surface area contributed by atoms with Crippen molar-refractivity contribution in [2.45, 2.75) is 46.2 Å². The summed E-state index contributed by atoms with van der Waals surface area (Å²) in [5, 5.41) is 3.42. The Morgan fingerprint density at radius 2 is 1.88 bits per heavy atom. The second-order valence-corrected chi connectivity index (χ2v) is 4.77. The van der Waals surface area contributed by atoms with Crippen LogP contribution in [0.25, 0.3) is 0 Å². The Balaban J connectivity index is 2.85. The second-order valence-electron chi connectivity index (χ2n) is 4.77. The first-order valence-electron chi connectivity index (χ1n) is 5.94. The summed E-state index contributed by atoms with van der Waals surface area (Å²) in [5.74, 6) is 1.48. The standard InChI is InChI=1S/C14H23NO/c1-10(2)13-8-12(9-15-11(3)4)6-7-14(13)16-5/h6-8,10-11,15H,9H2,1-5H3. The van der Waals surface area contributed by atoms with Crippen molar-refractivity contribution in [3.05, 3.63) is 29.3 Å². The average molecular weight is 221 g/mol. The number of methoxy groups -OCH3 is 1. The predicted molar refractivity (Wildman–Crippen MR) is 69.1 cm³/mol. The average Bonchev–Trinajstić information content (AvgIpc) is 2.25.